The molecular weight excluding hydrogens is 514 g/mol. The number of likely N-dealkylation sites (tertiary alicyclic amines) is 1. The molecule has 1 aliphatic carbocycles. The third-order valence-corrected chi connectivity index (χ3v) is 8.28. The number of carbonyl (C=O) groups excluding carboxylic acids is 1. The molecule has 4 aromatic rings. The first kappa shape index (κ1) is 27.0. The minimum atomic E-state index is -0.00602. The van der Waals surface area contributed by atoms with Gasteiger partial charge in [0.2, 0.25) is 5.91 Å². The average molecular weight is 552 g/mol. The van der Waals surface area contributed by atoms with Gasteiger partial charge >= 0.3 is 0 Å². The van der Waals surface area contributed by atoms with E-state index in [4.69, 9.17) is 15.6 Å². The maximum Gasteiger partial charge on any atom is 0.246 e. The first-order valence-electron chi connectivity index (χ1n) is 14.5. The van der Waals surface area contributed by atoms with Crippen molar-refractivity contribution < 1.29 is 9.53 Å². The molecule has 2 fully saturated rings. The van der Waals surface area contributed by atoms with Crippen LogP contribution >= 0.6 is 0 Å². The van der Waals surface area contributed by atoms with E-state index in [0.29, 0.717) is 24.1 Å². The second kappa shape index (κ2) is 12.1. The van der Waals surface area contributed by atoms with Crippen molar-refractivity contribution in [2.75, 3.05) is 32.4 Å². The van der Waals surface area contributed by atoms with Crippen molar-refractivity contribution in [3.05, 3.63) is 73.1 Å². The Morgan fingerprint density at radius 2 is 1.78 bits per heavy atom. The number of ether oxygens (including phenoxy) is 1. The summed E-state index contributed by atoms with van der Waals surface area (Å²) in [6, 6.07) is 18.1. The molecule has 3 heterocycles. The molecule has 0 spiro atoms. The van der Waals surface area contributed by atoms with Gasteiger partial charge in [-0.05, 0) is 69.1 Å². The zero-order valence-corrected chi connectivity index (χ0v) is 23.5. The van der Waals surface area contributed by atoms with E-state index in [0.717, 1.165) is 54.1 Å². The number of nitrogen functional groups attached to an aromatic ring is 1. The summed E-state index contributed by atoms with van der Waals surface area (Å²) in [5.74, 6) is 1.95. The van der Waals surface area contributed by atoms with E-state index in [2.05, 4.69) is 21.9 Å². The summed E-state index contributed by atoms with van der Waals surface area (Å²) < 4.78 is 7.90. The second-order valence-electron chi connectivity index (χ2n) is 11.1. The highest BCUT2D eigenvalue weighted by Gasteiger charge is 2.28. The molecule has 9 nitrogen and oxygen atoms in total. The molecule has 1 amide bonds. The summed E-state index contributed by atoms with van der Waals surface area (Å²) in [5, 5.41) is 5.74. The average Bonchev–Trinajstić information content (AvgIpc) is 3.68. The second-order valence-corrected chi connectivity index (χ2v) is 11.1. The van der Waals surface area contributed by atoms with Gasteiger partial charge in [-0.1, -0.05) is 37.1 Å². The van der Waals surface area contributed by atoms with Crippen molar-refractivity contribution in [2.24, 2.45) is 0 Å². The third kappa shape index (κ3) is 5.95. The molecule has 2 aromatic carbocycles. The first-order chi connectivity index (χ1) is 20.1. The molecule has 212 valence electrons. The van der Waals surface area contributed by atoms with Gasteiger partial charge in [-0.25, -0.2) is 14.6 Å². The lowest BCUT2D eigenvalue weighted by molar-refractivity contribution is -0.127. The number of anilines is 1. The van der Waals surface area contributed by atoms with Gasteiger partial charge in [0, 0.05) is 37.3 Å². The Morgan fingerprint density at radius 1 is 1.02 bits per heavy atom. The van der Waals surface area contributed by atoms with Crippen LogP contribution in [0.25, 0.3) is 22.3 Å². The summed E-state index contributed by atoms with van der Waals surface area (Å²) in [7, 11) is 2.15. The Labute approximate surface area is 240 Å². The highest BCUT2D eigenvalue weighted by atomic mass is 16.5. The van der Waals surface area contributed by atoms with Crippen LogP contribution in [0.2, 0.25) is 0 Å². The van der Waals surface area contributed by atoms with Crippen LogP contribution in [-0.4, -0.2) is 68.2 Å². The van der Waals surface area contributed by atoms with Gasteiger partial charge in [-0.2, -0.15) is 5.10 Å². The van der Waals surface area contributed by atoms with E-state index < -0.39 is 0 Å². The lowest BCUT2D eigenvalue weighted by atomic mass is 10.1. The highest BCUT2D eigenvalue weighted by Crippen LogP contribution is 2.35. The zero-order chi connectivity index (χ0) is 28.2. The van der Waals surface area contributed by atoms with Crippen molar-refractivity contribution in [3.63, 3.8) is 0 Å². The summed E-state index contributed by atoms with van der Waals surface area (Å²) in [6.45, 7) is 2.11. The molecule has 1 aliphatic heterocycles. The highest BCUT2D eigenvalue weighted by molar-refractivity contribution is 5.98. The van der Waals surface area contributed by atoms with Gasteiger partial charge in [0.1, 0.15) is 29.3 Å². The van der Waals surface area contributed by atoms with Crippen LogP contribution in [-0.2, 0) is 4.79 Å². The number of rotatable bonds is 8. The minimum Gasteiger partial charge on any atom is -0.457 e. The van der Waals surface area contributed by atoms with E-state index in [1.807, 2.05) is 70.3 Å². The Hall–Kier alpha value is -4.24. The molecule has 1 saturated carbocycles. The molecule has 2 N–H and O–H groups in total. The lowest BCUT2D eigenvalue weighted by Crippen LogP contribution is -2.40. The molecule has 9 heteroatoms. The number of hydrogen-bond acceptors (Lipinski definition) is 7. The number of piperidine rings is 1. The molecule has 41 heavy (non-hydrogen) atoms. The SMILES string of the molecule is CN(C/C=C/C(=O)N1CCCC(n2nc(-c3ccc(Oc4ccccc4)cc3)c3c(N)ncnc32)C1)C1CCCC1. The topological polar surface area (TPSA) is 102 Å². The third-order valence-electron chi connectivity index (χ3n) is 8.28. The Morgan fingerprint density at radius 3 is 2.56 bits per heavy atom. The molecule has 6 rings (SSSR count). The van der Waals surface area contributed by atoms with E-state index in [9.17, 15) is 4.79 Å². The number of hydrogen-bond donors (Lipinski definition) is 1. The van der Waals surface area contributed by atoms with Gasteiger partial charge in [0.15, 0.2) is 5.65 Å². The summed E-state index contributed by atoms with van der Waals surface area (Å²) in [5.41, 5.74) is 8.67. The largest absolute Gasteiger partial charge is 0.457 e. The van der Waals surface area contributed by atoms with Gasteiger partial charge in [-0.3, -0.25) is 9.69 Å². The predicted molar refractivity (Wildman–Crippen MR) is 161 cm³/mol. The zero-order valence-electron chi connectivity index (χ0n) is 23.5. The fourth-order valence-corrected chi connectivity index (χ4v) is 6.03. The number of nitrogens with zero attached hydrogens (tertiary/aromatic N) is 6. The van der Waals surface area contributed by atoms with Crippen LogP contribution in [0.4, 0.5) is 5.82 Å². The molecule has 1 unspecified atom stereocenters. The van der Waals surface area contributed by atoms with Crippen molar-refractivity contribution in [2.45, 2.75) is 50.6 Å². The maximum atomic E-state index is 13.1. The standard InChI is InChI=1S/C32H37N7O2/c1-37(24-9-5-6-10-24)19-8-14-28(40)38-20-7-11-25(21-38)39-32-29(31(33)34-22-35-32)30(36-39)23-15-17-27(18-16-23)41-26-12-3-2-4-13-26/h2-4,8,12-18,22,24-25H,5-7,9-11,19-21H2,1H3,(H2,33,34,35)/b14-8+. The first-order valence-corrected chi connectivity index (χ1v) is 14.5. The molecule has 2 aromatic heterocycles. The number of carbonyl (C=O) groups is 1. The van der Waals surface area contributed by atoms with Crippen LogP contribution in [0, 0.1) is 0 Å². The molecule has 1 atom stereocenters. The normalized spacial score (nSPS) is 18.1. The van der Waals surface area contributed by atoms with E-state index in [1.54, 1.807) is 6.08 Å². The smallest absolute Gasteiger partial charge is 0.246 e. The molecule has 0 radical (unpaired) electrons. The van der Waals surface area contributed by atoms with Crippen LogP contribution < -0.4 is 10.5 Å². The number of likely N-dealkylation sites (N-methyl/N-ethyl adjacent to an activating group) is 1. The fraction of sp³-hybridized carbons (Fsp3) is 0.375. The summed E-state index contributed by atoms with van der Waals surface area (Å²) in [6.07, 6.45) is 12.1. The number of aromatic nitrogens is 4. The van der Waals surface area contributed by atoms with E-state index in [1.165, 1.54) is 32.0 Å². The van der Waals surface area contributed by atoms with Gasteiger partial charge in [0.25, 0.3) is 0 Å². The number of fused-ring (bicyclic) bond motifs is 1. The summed E-state index contributed by atoms with van der Waals surface area (Å²) >= 11 is 0. The summed E-state index contributed by atoms with van der Waals surface area (Å²) in [4.78, 5) is 26.2. The Kier molecular flexibility index (Phi) is 7.95. The van der Waals surface area contributed by atoms with Gasteiger partial charge in [0.05, 0.1) is 11.4 Å². The van der Waals surface area contributed by atoms with Crippen LogP contribution in [0.15, 0.2) is 73.1 Å². The fourth-order valence-electron chi connectivity index (χ4n) is 6.03. The Balaban J connectivity index is 1.20. The van der Waals surface area contributed by atoms with Crippen molar-refractivity contribution in [1.29, 1.82) is 0 Å². The van der Waals surface area contributed by atoms with Crippen molar-refractivity contribution >= 4 is 22.8 Å². The number of para-hydroxylation sites is 1. The van der Waals surface area contributed by atoms with Crippen LogP contribution in [0.3, 0.4) is 0 Å². The molecule has 1 saturated heterocycles. The van der Waals surface area contributed by atoms with E-state index >= 15 is 0 Å². The lowest BCUT2D eigenvalue weighted by Gasteiger charge is -2.32. The quantitative estimate of drug-likeness (QED) is 0.290. The van der Waals surface area contributed by atoms with Gasteiger partial charge < -0.3 is 15.4 Å². The predicted octanol–water partition coefficient (Wildman–Crippen LogP) is 5.46. The van der Waals surface area contributed by atoms with Crippen LogP contribution in [0.5, 0.6) is 11.5 Å². The van der Waals surface area contributed by atoms with Gasteiger partial charge in [-0.15, -0.1) is 0 Å². The van der Waals surface area contributed by atoms with Crippen LogP contribution in [0.1, 0.15) is 44.6 Å². The molecule has 0 bridgehead atoms. The van der Waals surface area contributed by atoms with E-state index in [-0.39, 0.29) is 11.9 Å². The van der Waals surface area contributed by atoms with Crippen molar-refractivity contribution in [3.8, 4) is 22.8 Å². The monoisotopic (exact) mass is 551 g/mol. The maximum absolute atomic E-state index is 13.1. The Bertz CT molecular complexity index is 1510. The number of nitrogens with two attached hydrogens (primary N) is 1. The minimum absolute atomic E-state index is 0.00602. The number of amides is 1. The number of benzene rings is 2. The molecular formula is C32H37N7O2. The molecule has 2 aliphatic rings. The van der Waals surface area contributed by atoms with Crippen molar-refractivity contribution in [1.82, 2.24) is 29.5 Å².